The molecule has 0 radical (unpaired) electrons. The number of carbonyl (C=O) groups excluding carboxylic acids is 4. The highest BCUT2D eigenvalue weighted by Crippen LogP contribution is 2.35. The molecule has 136 valence electrons. The lowest BCUT2D eigenvalue weighted by atomic mass is 9.97. The van der Waals surface area contributed by atoms with Crippen LogP contribution in [0.3, 0.4) is 0 Å². The van der Waals surface area contributed by atoms with Crippen LogP contribution in [-0.2, 0) is 9.59 Å². The van der Waals surface area contributed by atoms with Gasteiger partial charge >= 0.3 is 0 Å². The van der Waals surface area contributed by atoms with E-state index in [2.05, 4.69) is 5.32 Å². The minimum Gasteiger partial charge on any atom is -0.490 e. The Kier molecular flexibility index (Phi) is 4.22. The van der Waals surface area contributed by atoms with E-state index in [1.54, 1.807) is 18.2 Å². The molecule has 4 rings (SSSR count). The van der Waals surface area contributed by atoms with Crippen molar-refractivity contribution >= 4 is 23.6 Å². The number of ether oxygens (including phenoxy) is 1. The van der Waals surface area contributed by atoms with Crippen molar-refractivity contribution in [3.8, 4) is 5.75 Å². The summed E-state index contributed by atoms with van der Waals surface area (Å²) in [5.74, 6) is -1.61. The fourth-order valence-corrected chi connectivity index (χ4v) is 3.94. The van der Waals surface area contributed by atoms with Crippen LogP contribution in [0.4, 0.5) is 0 Å². The zero-order valence-corrected chi connectivity index (χ0v) is 14.3. The molecule has 1 atom stereocenters. The van der Waals surface area contributed by atoms with E-state index in [0.717, 1.165) is 30.6 Å². The van der Waals surface area contributed by atoms with E-state index in [1.165, 1.54) is 6.42 Å². The fourth-order valence-electron chi connectivity index (χ4n) is 3.94. The van der Waals surface area contributed by atoms with Gasteiger partial charge in [0.25, 0.3) is 11.8 Å². The van der Waals surface area contributed by atoms with Crippen LogP contribution >= 0.6 is 0 Å². The number of rotatable bonds is 3. The monoisotopic (exact) mass is 356 g/mol. The van der Waals surface area contributed by atoms with Gasteiger partial charge in [-0.15, -0.1) is 0 Å². The molecule has 1 aromatic carbocycles. The zero-order valence-electron chi connectivity index (χ0n) is 14.3. The normalized spacial score (nSPS) is 23.8. The molecular weight excluding hydrogens is 336 g/mol. The second kappa shape index (κ2) is 6.55. The molecule has 1 saturated heterocycles. The number of fused-ring (bicyclic) bond motifs is 1. The van der Waals surface area contributed by atoms with Crippen LogP contribution in [0.25, 0.3) is 0 Å². The molecule has 1 aliphatic carbocycles. The van der Waals surface area contributed by atoms with Gasteiger partial charge in [0.15, 0.2) is 0 Å². The first-order valence-electron chi connectivity index (χ1n) is 9.07. The summed E-state index contributed by atoms with van der Waals surface area (Å²) in [7, 11) is 0. The minimum absolute atomic E-state index is 0.0443. The second-order valence-corrected chi connectivity index (χ2v) is 7.00. The Bertz CT molecular complexity index is 797. The van der Waals surface area contributed by atoms with Gasteiger partial charge in [0.05, 0.1) is 17.2 Å². The summed E-state index contributed by atoms with van der Waals surface area (Å²) in [5, 5.41) is 2.20. The van der Waals surface area contributed by atoms with E-state index in [-0.39, 0.29) is 36.0 Å². The lowest BCUT2D eigenvalue weighted by Crippen LogP contribution is -2.54. The van der Waals surface area contributed by atoms with Gasteiger partial charge in [-0.2, -0.15) is 0 Å². The van der Waals surface area contributed by atoms with Crippen LogP contribution in [0.15, 0.2) is 18.2 Å². The maximum Gasteiger partial charge on any atom is 0.266 e. The Balaban J connectivity index is 1.62. The van der Waals surface area contributed by atoms with Crippen molar-refractivity contribution in [1.82, 2.24) is 10.2 Å². The maximum atomic E-state index is 13.0. The quantitative estimate of drug-likeness (QED) is 0.834. The molecule has 2 heterocycles. The van der Waals surface area contributed by atoms with Crippen molar-refractivity contribution in [2.45, 2.75) is 57.1 Å². The van der Waals surface area contributed by atoms with Gasteiger partial charge in [-0.05, 0) is 44.2 Å². The average molecular weight is 356 g/mol. The van der Waals surface area contributed by atoms with Gasteiger partial charge in [-0.25, -0.2) is 0 Å². The maximum absolute atomic E-state index is 13.0. The summed E-state index contributed by atoms with van der Waals surface area (Å²) in [6.07, 6.45) is 5.54. The van der Waals surface area contributed by atoms with Gasteiger partial charge in [-0.3, -0.25) is 29.4 Å². The number of hydrogen-bond acceptors (Lipinski definition) is 5. The standard InChI is InChI=1S/C19H20N2O5/c22-15-10-9-13(17(23)20-15)21-18(24)12-7-4-8-14(16(12)19(21)25)26-11-5-2-1-3-6-11/h4,7-8,11,13H,1-3,5-6,9-10H2,(H,20,22,23). The van der Waals surface area contributed by atoms with Crippen molar-refractivity contribution in [3.63, 3.8) is 0 Å². The first-order chi connectivity index (χ1) is 12.6. The van der Waals surface area contributed by atoms with Crippen molar-refractivity contribution in [1.29, 1.82) is 0 Å². The zero-order chi connectivity index (χ0) is 18.3. The Morgan fingerprint density at radius 1 is 0.962 bits per heavy atom. The number of piperidine rings is 1. The molecule has 3 aliphatic rings. The Labute approximate surface area is 150 Å². The first kappa shape index (κ1) is 16.8. The SMILES string of the molecule is O=C1CCC(N2C(=O)c3cccc(OC4CCCCC4)c3C2=O)C(=O)N1. The molecule has 1 aromatic rings. The number of imide groups is 2. The first-order valence-corrected chi connectivity index (χ1v) is 9.07. The van der Waals surface area contributed by atoms with Crippen LogP contribution in [0.5, 0.6) is 5.75 Å². The van der Waals surface area contributed by atoms with Crippen molar-refractivity contribution in [2.24, 2.45) is 0 Å². The molecule has 2 fully saturated rings. The predicted molar refractivity (Wildman–Crippen MR) is 90.6 cm³/mol. The van der Waals surface area contributed by atoms with Crippen LogP contribution in [0, 0.1) is 0 Å². The third-order valence-corrected chi connectivity index (χ3v) is 5.28. The molecule has 7 nitrogen and oxygen atoms in total. The molecule has 4 amide bonds. The number of benzene rings is 1. The van der Waals surface area contributed by atoms with E-state index < -0.39 is 23.8 Å². The highest BCUT2D eigenvalue weighted by Gasteiger charge is 2.46. The molecule has 1 N–H and O–H groups in total. The van der Waals surface area contributed by atoms with E-state index >= 15 is 0 Å². The smallest absolute Gasteiger partial charge is 0.266 e. The highest BCUT2D eigenvalue weighted by atomic mass is 16.5. The lowest BCUT2D eigenvalue weighted by Gasteiger charge is -2.28. The minimum atomic E-state index is -0.956. The fraction of sp³-hybridized carbons (Fsp3) is 0.474. The summed E-state index contributed by atoms with van der Waals surface area (Å²) in [6, 6.07) is 4.01. The van der Waals surface area contributed by atoms with Gasteiger partial charge in [0, 0.05) is 6.42 Å². The summed E-state index contributed by atoms with van der Waals surface area (Å²) >= 11 is 0. The van der Waals surface area contributed by atoms with Crippen molar-refractivity contribution in [2.75, 3.05) is 0 Å². The molecular formula is C19H20N2O5. The molecule has 1 saturated carbocycles. The summed E-state index contributed by atoms with van der Waals surface area (Å²) in [4.78, 5) is 50.2. The predicted octanol–water partition coefficient (Wildman–Crippen LogP) is 1.80. The molecule has 26 heavy (non-hydrogen) atoms. The van der Waals surface area contributed by atoms with Gasteiger partial charge in [0.2, 0.25) is 11.8 Å². The summed E-state index contributed by atoms with van der Waals surface area (Å²) in [5.41, 5.74) is 0.487. The average Bonchev–Trinajstić information content (AvgIpc) is 2.88. The van der Waals surface area contributed by atoms with Crippen LogP contribution in [-0.4, -0.2) is 40.7 Å². The Morgan fingerprint density at radius 3 is 2.46 bits per heavy atom. The van der Waals surface area contributed by atoms with E-state index in [4.69, 9.17) is 4.74 Å². The number of nitrogens with one attached hydrogen (secondary N) is 1. The largest absolute Gasteiger partial charge is 0.490 e. The van der Waals surface area contributed by atoms with Crippen LogP contribution in [0.2, 0.25) is 0 Å². The van der Waals surface area contributed by atoms with E-state index in [0.29, 0.717) is 5.75 Å². The number of hydrogen-bond donors (Lipinski definition) is 1. The second-order valence-electron chi connectivity index (χ2n) is 7.00. The Hall–Kier alpha value is -2.70. The Morgan fingerprint density at radius 2 is 1.73 bits per heavy atom. The van der Waals surface area contributed by atoms with Crippen LogP contribution in [0.1, 0.15) is 65.7 Å². The third-order valence-electron chi connectivity index (χ3n) is 5.28. The van der Waals surface area contributed by atoms with Gasteiger partial charge < -0.3 is 4.74 Å². The molecule has 7 heteroatoms. The third kappa shape index (κ3) is 2.77. The van der Waals surface area contributed by atoms with Crippen molar-refractivity contribution < 1.29 is 23.9 Å². The van der Waals surface area contributed by atoms with Gasteiger partial charge in [-0.1, -0.05) is 12.5 Å². The van der Waals surface area contributed by atoms with E-state index in [9.17, 15) is 19.2 Å². The van der Waals surface area contributed by atoms with Crippen molar-refractivity contribution in [3.05, 3.63) is 29.3 Å². The molecule has 1 unspecified atom stereocenters. The molecule has 0 aromatic heterocycles. The number of amides is 4. The highest BCUT2D eigenvalue weighted by molar-refractivity contribution is 6.24. The lowest BCUT2D eigenvalue weighted by molar-refractivity contribution is -0.136. The van der Waals surface area contributed by atoms with Gasteiger partial charge in [0.1, 0.15) is 11.8 Å². The molecule has 0 spiro atoms. The number of nitrogens with zero attached hydrogens (tertiary/aromatic N) is 1. The number of carbonyl (C=O) groups is 4. The molecule has 0 bridgehead atoms. The molecule has 2 aliphatic heterocycles. The van der Waals surface area contributed by atoms with E-state index in [1.807, 2.05) is 0 Å². The van der Waals surface area contributed by atoms with Crippen LogP contribution < -0.4 is 10.1 Å². The summed E-state index contributed by atoms with van der Waals surface area (Å²) < 4.78 is 6.04. The topological polar surface area (TPSA) is 92.8 Å². The summed E-state index contributed by atoms with van der Waals surface area (Å²) in [6.45, 7) is 0.